The van der Waals surface area contributed by atoms with Crippen LogP contribution in [0, 0.1) is 11.8 Å². The number of hydrogen-bond acceptors (Lipinski definition) is 3. The summed E-state index contributed by atoms with van der Waals surface area (Å²) in [6.07, 6.45) is 0. The molecule has 5 nitrogen and oxygen atoms in total. The van der Waals surface area contributed by atoms with Crippen molar-refractivity contribution in [3.8, 4) is 0 Å². The third-order valence-electron chi connectivity index (χ3n) is 3.94. The monoisotopic (exact) mass is 225 g/mol. The Hall–Kier alpha value is -0.810. The summed E-state index contributed by atoms with van der Waals surface area (Å²) in [6.45, 7) is 6.92. The minimum Gasteiger partial charge on any atom is -0.378 e. The molecule has 0 radical (unpaired) electrons. The molecular formula is C11H19N3O2. The molecule has 3 aliphatic heterocycles. The molecule has 2 atom stereocenters. The number of urea groups is 1. The van der Waals surface area contributed by atoms with Gasteiger partial charge >= 0.3 is 6.03 Å². The van der Waals surface area contributed by atoms with Gasteiger partial charge in [-0.2, -0.15) is 0 Å². The van der Waals surface area contributed by atoms with E-state index in [-0.39, 0.29) is 6.03 Å². The van der Waals surface area contributed by atoms with E-state index in [0.29, 0.717) is 25.0 Å². The summed E-state index contributed by atoms with van der Waals surface area (Å²) in [4.78, 5) is 16.2. The van der Waals surface area contributed by atoms with Gasteiger partial charge in [0.1, 0.15) is 0 Å². The third kappa shape index (κ3) is 1.78. The number of ether oxygens (including phenoxy) is 1. The molecule has 0 saturated carbocycles. The number of rotatable bonds is 0. The highest BCUT2D eigenvalue weighted by Gasteiger charge is 2.39. The van der Waals surface area contributed by atoms with Crippen LogP contribution >= 0.6 is 0 Å². The number of amides is 2. The van der Waals surface area contributed by atoms with Gasteiger partial charge in [-0.05, 0) is 11.8 Å². The molecule has 3 saturated heterocycles. The zero-order chi connectivity index (χ0) is 11.0. The fourth-order valence-electron chi connectivity index (χ4n) is 2.97. The van der Waals surface area contributed by atoms with Crippen LogP contribution in [0.5, 0.6) is 0 Å². The van der Waals surface area contributed by atoms with Crippen molar-refractivity contribution in [2.75, 3.05) is 52.5 Å². The van der Waals surface area contributed by atoms with Crippen molar-refractivity contribution in [1.82, 2.24) is 15.1 Å². The lowest BCUT2D eigenvalue weighted by Crippen LogP contribution is -2.48. The minimum absolute atomic E-state index is 0.220. The molecule has 3 fully saturated rings. The van der Waals surface area contributed by atoms with Gasteiger partial charge in [-0.25, -0.2) is 4.79 Å². The molecule has 0 aliphatic carbocycles. The molecule has 0 spiro atoms. The molecule has 0 aromatic carbocycles. The zero-order valence-corrected chi connectivity index (χ0v) is 9.52. The van der Waals surface area contributed by atoms with Crippen molar-refractivity contribution < 1.29 is 9.53 Å². The van der Waals surface area contributed by atoms with E-state index < -0.39 is 0 Å². The summed E-state index contributed by atoms with van der Waals surface area (Å²) in [5.74, 6) is 1.37. The van der Waals surface area contributed by atoms with Gasteiger partial charge in [-0.15, -0.1) is 0 Å². The SMILES string of the molecule is O=C(N1CCOCC1)N1CC2CNCC2C1. The van der Waals surface area contributed by atoms with Crippen LogP contribution in [0.4, 0.5) is 4.79 Å². The second-order valence-corrected chi connectivity index (χ2v) is 4.97. The molecule has 3 heterocycles. The van der Waals surface area contributed by atoms with Gasteiger partial charge in [-0.1, -0.05) is 0 Å². The third-order valence-corrected chi connectivity index (χ3v) is 3.94. The van der Waals surface area contributed by atoms with E-state index in [9.17, 15) is 4.79 Å². The largest absolute Gasteiger partial charge is 0.378 e. The number of carbonyl (C=O) groups excluding carboxylic acids is 1. The lowest BCUT2D eigenvalue weighted by molar-refractivity contribution is 0.0446. The number of hydrogen-bond donors (Lipinski definition) is 1. The highest BCUT2D eigenvalue weighted by Crippen LogP contribution is 2.27. The molecular weight excluding hydrogens is 206 g/mol. The van der Waals surface area contributed by atoms with Crippen LogP contribution in [0.1, 0.15) is 0 Å². The normalized spacial score (nSPS) is 34.2. The maximum atomic E-state index is 12.2. The number of fused-ring (bicyclic) bond motifs is 1. The molecule has 2 unspecified atom stereocenters. The Balaban J connectivity index is 1.59. The predicted molar refractivity (Wildman–Crippen MR) is 59.2 cm³/mol. The van der Waals surface area contributed by atoms with Gasteiger partial charge in [0.25, 0.3) is 0 Å². The Morgan fingerprint density at radius 3 is 2.31 bits per heavy atom. The highest BCUT2D eigenvalue weighted by molar-refractivity contribution is 5.75. The summed E-state index contributed by atoms with van der Waals surface area (Å²) < 4.78 is 5.26. The fraction of sp³-hybridized carbons (Fsp3) is 0.909. The van der Waals surface area contributed by atoms with Gasteiger partial charge < -0.3 is 19.9 Å². The minimum atomic E-state index is 0.220. The Kier molecular flexibility index (Phi) is 2.73. The molecule has 90 valence electrons. The van der Waals surface area contributed by atoms with Gasteiger partial charge in [0.2, 0.25) is 0 Å². The highest BCUT2D eigenvalue weighted by atomic mass is 16.5. The molecule has 0 aromatic heterocycles. The summed E-state index contributed by atoms with van der Waals surface area (Å²) in [6, 6.07) is 0.220. The van der Waals surface area contributed by atoms with E-state index in [0.717, 1.165) is 39.3 Å². The summed E-state index contributed by atoms with van der Waals surface area (Å²) in [5, 5.41) is 3.39. The summed E-state index contributed by atoms with van der Waals surface area (Å²) in [7, 11) is 0. The van der Waals surface area contributed by atoms with Gasteiger partial charge in [0.05, 0.1) is 13.2 Å². The van der Waals surface area contributed by atoms with Crippen molar-refractivity contribution in [2.24, 2.45) is 11.8 Å². The predicted octanol–water partition coefficient (Wildman–Crippen LogP) is -0.410. The number of carbonyl (C=O) groups is 1. The smallest absolute Gasteiger partial charge is 0.320 e. The number of nitrogens with one attached hydrogen (secondary N) is 1. The van der Waals surface area contributed by atoms with Gasteiger partial charge in [-0.3, -0.25) is 0 Å². The molecule has 3 aliphatic rings. The van der Waals surface area contributed by atoms with Crippen LogP contribution in [0.2, 0.25) is 0 Å². The van der Waals surface area contributed by atoms with E-state index in [2.05, 4.69) is 5.32 Å². The van der Waals surface area contributed by atoms with Crippen molar-refractivity contribution in [1.29, 1.82) is 0 Å². The number of likely N-dealkylation sites (tertiary alicyclic amines) is 1. The molecule has 16 heavy (non-hydrogen) atoms. The number of nitrogens with zero attached hydrogens (tertiary/aromatic N) is 2. The van der Waals surface area contributed by atoms with Crippen molar-refractivity contribution in [3.05, 3.63) is 0 Å². The van der Waals surface area contributed by atoms with Crippen LogP contribution in [-0.2, 0) is 4.74 Å². The Bertz CT molecular complexity index is 266. The van der Waals surface area contributed by atoms with E-state index in [1.165, 1.54) is 0 Å². The average Bonchev–Trinajstić information content (AvgIpc) is 2.89. The van der Waals surface area contributed by atoms with Crippen LogP contribution in [0.15, 0.2) is 0 Å². The standard InChI is InChI=1S/C11H19N3O2/c15-11(13-1-3-16-4-2-13)14-7-9-5-12-6-10(9)8-14/h9-10,12H,1-8H2. The van der Waals surface area contributed by atoms with Crippen molar-refractivity contribution in [3.63, 3.8) is 0 Å². The maximum absolute atomic E-state index is 12.2. The lowest BCUT2D eigenvalue weighted by Gasteiger charge is -2.31. The molecule has 0 bridgehead atoms. The van der Waals surface area contributed by atoms with E-state index in [1.54, 1.807) is 0 Å². The fourth-order valence-corrected chi connectivity index (χ4v) is 2.97. The van der Waals surface area contributed by atoms with Crippen LogP contribution in [0.25, 0.3) is 0 Å². The van der Waals surface area contributed by atoms with Crippen LogP contribution in [-0.4, -0.2) is 68.3 Å². The quantitative estimate of drug-likeness (QED) is 0.609. The first-order valence-corrected chi connectivity index (χ1v) is 6.17. The molecule has 1 N–H and O–H groups in total. The molecule has 0 aromatic rings. The molecule has 3 rings (SSSR count). The topological polar surface area (TPSA) is 44.8 Å². The van der Waals surface area contributed by atoms with Crippen molar-refractivity contribution >= 4 is 6.03 Å². The second kappa shape index (κ2) is 4.22. The average molecular weight is 225 g/mol. The van der Waals surface area contributed by atoms with E-state index in [1.807, 2.05) is 9.80 Å². The Morgan fingerprint density at radius 2 is 1.69 bits per heavy atom. The van der Waals surface area contributed by atoms with Gasteiger partial charge in [0.15, 0.2) is 0 Å². The zero-order valence-electron chi connectivity index (χ0n) is 9.52. The molecule has 2 amide bonds. The van der Waals surface area contributed by atoms with E-state index >= 15 is 0 Å². The Morgan fingerprint density at radius 1 is 1.06 bits per heavy atom. The number of morpholine rings is 1. The van der Waals surface area contributed by atoms with Crippen molar-refractivity contribution in [2.45, 2.75) is 0 Å². The molecule has 5 heteroatoms. The Labute approximate surface area is 95.7 Å². The maximum Gasteiger partial charge on any atom is 0.320 e. The van der Waals surface area contributed by atoms with Gasteiger partial charge in [0, 0.05) is 39.3 Å². The summed E-state index contributed by atoms with van der Waals surface area (Å²) in [5.41, 5.74) is 0. The first kappa shape index (κ1) is 10.4. The van der Waals surface area contributed by atoms with E-state index in [4.69, 9.17) is 4.74 Å². The first-order valence-electron chi connectivity index (χ1n) is 6.17. The lowest BCUT2D eigenvalue weighted by atomic mass is 10.0. The first-order chi connectivity index (χ1) is 7.84. The summed E-state index contributed by atoms with van der Waals surface area (Å²) >= 11 is 0. The van der Waals surface area contributed by atoms with Crippen LogP contribution in [0.3, 0.4) is 0 Å². The second-order valence-electron chi connectivity index (χ2n) is 4.97. The van der Waals surface area contributed by atoms with Crippen LogP contribution < -0.4 is 5.32 Å².